The second-order valence-electron chi connectivity index (χ2n) is 4.29. The van der Waals surface area contributed by atoms with Gasteiger partial charge in [0.25, 0.3) is 10.0 Å². The van der Waals surface area contributed by atoms with Crippen molar-refractivity contribution in [3.8, 4) is 6.07 Å². The smallest absolute Gasteiger partial charge is 0.263 e. The molecule has 0 saturated heterocycles. The van der Waals surface area contributed by atoms with E-state index in [1.807, 2.05) is 6.07 Å². The minimum atomic E-state index is -3.84. The van der Waals surface area contributed by atoms with E-state index >= 15 is 0 Å². The number of nitriles is 1. The highest BCUT2D eigenvalue weighted by Crippen LogP contribution is 2.23. The van der Waals surface area contributed by atoms with Crippen LogP contribution in [0, 0.1) is 18.3 Å². The van der Waals surface area contributed by atoms with Crippen molar-refractivity contribution in [1.29, 1.82) is 5.26 Å². The molecule has 1 heterocycles. The molecule has 0 aliphatic heterocycles. The Morgan fingerprint density at radius 2 is 2.10 bits per heavy atom. The molecular formula is C13H11ClN4O2S. The number of pyridine rings is 1. The van der Waals surface area contributed by atoms with Crippen LogP contribution in [0.1, 0.15) is 11.1 Å². The molecule has 1 aromatic heterocycles. The van der Waals surface area contributed by atoms with Crippen molar-refractivity contribution in [2.24, 2.45) is 0 Å². The highest BCUT2D eigenvalue weighted by molar-refractivity contribution is 7.92. The van der Waals surface area contributed by atoms with E-state index < -0.39 is 10.0 Å². The lowest BCUT2D eigenvalue weighted by molar-refractivity contribution is 0.601. The molecule has 6 nitrogen and oxygen atoms in total. The standard InChI is InChI=1S/C13H11ClN4O2S/c1-8-4-10(16)7-17-13(8)18-21(19,20)11-3-2-9(6-15)12(14)5-11/h2-5,7H,16H2,1H3,(H,17,18). The Morgan fingerprint density at radius 1 is 1.38 bits per heavy atom. The van der Waals surface area contributed by atoms with E-state index in [2.05, 4.69) is 9.71 Å². The zero-order valence-corrected chi connectivity index (χ0v) is 12.5. The van der Waals surface area contributed by atoms with E-state index in [0.717, 1.165) is 0 Å². The lowest BCUT2D eigenvalue weighted by Gasteiger charge is -2.10. The van der Waals surface area contributed by atoms with Crippen molar-refractivity contribution in [2.75, 3.05) is 10.5 Å². The largest absolute Gasteiger partial charge is 0.397 e. The van der Waals surface area contributed by atoms with E-state index in [1.54, 1.807) is 13.0 Å². The quantitative estimate of drug-likeness (QED) is 0.901. The van der Waals surface area contributed by atoms with E-state index in [9.17, 15) is 8.42 Å². The molecule has 0 aliphatic carbocycles. The molecule has 0 aliphatic rings. The second kappa shape index (κ2) is 5.60. The number of nitrogens with one attached hydrogen (secondary N) is 1. The topological polar surface area (TPSA) is 109 Å². The number of nitrogens with two attached hydrogens (primary N) is 1. The molecule has 0 amide bonds. The number of halogens is 1. The van der Waals surface area contributed by atoms with Gasteiger partial charge in [-0.2, -0.15) is 5.26 Å². The average Bonchev–Trinajstić information content (AvgIpc) is 2.42. The number of nitrogen functional groups attached to an aromatic ring is 1. The molecule has 0 saturated carbocycles. The van der Waals surface area contributed by atoms with Crippen LogP contribution < -0.4 is 10.5 Å². The van der Waals surface area contributed by atoms with E-state index in [-0.39, 0.29) is 21.3 Å². The van der Waals surface area contributed by atoms with Crippen molar-refractivity contribution >= 4 is 33.1 Å². The Morgan fingerprint density at radius 3 is 2.67 bits per heavy atom. The molecule has 0 unspecified atom stereocenters. The predicted molar refractivity (Wildman–Crippen MR) is 80.4 cm³/mol. The van der Waals surface area contributed by atoms with Crippen LogP contribution in [0.5, 0.6) is 0 Å². The first-order chi connectivity index (χ1) is 9.83. The Balaban J connectivity index is 2.39. The molecular weight excluding hydrogens is 312 g/mol. The minimum Gasteiger partial charge on any atom is -0.397 e. The maximum Gasteiger partial charge on any atom is 0.263 e. The number of aromatic nitrogens is 1. The Hall–Kier alpha value is -2.30. The minimum absolute atomic E-state index is 0.0514. The van der Waals surface area contributed by atoms with Gasteiger partial charge in [-0.3, -0.25) is 4.72 Å². The summed E-state index contributed by atoms with van der Waals surface area (Å²) in [5.41, 5.74) is 6.81. The highest BCUT2D eigenvalue weighted by atomic mass is 35.5. The van der Waals surface area contributed by atoms with Crippen LogP contribution in [-0.2, 0) is 10.0 Å². The van der Waals surface area contributed by atoms with Gasteiger partial charge in [0.1, 0.15) is 11.9 Å². The van der Waals surface area contributed by atoms with Crippen LogP contribution in [-0.4, -0.2) is 13.4 Å². The molecule has 2 aromatic rings. The van der Waals surface area contributed by atoms with Gasteiger partial charge < -0.3 is 5.73 Å². The van der Waals surface area contributed by atoms with Gasteiger partial charge in [-0.15, -0.1) is 0 Å². The van der Waals surface area contributed by atoms with Gasteiger partial charge in [0.2, 0.25) is 0 Å². The average molecular weight is 323 g/mol. The van der Waals surface area contributed by atoms with E-state index in [1.165, 1.54) is 24.4 Å². The molecule has 2 rings (SSSR count). The van der Waals surface area contributed by atoms with Crippen LogP contribution in [0.4, 0.5) is 11.5 Å². The number of rotatable bonds is 3. The summed E-state index contributed by atoms with van der Waals surface area (Å²) in [5.74, 6) is 0.185. The third-order valence-corrected chi connectivity index (χ3v) is 4.35. The molecule has 0 atom stereocenters. The summed E-state index contributed by atoms with van der Waals surface area (Å²) in [4.78, 5) is 3.89. The van der Waals surface area contributed by atoms with Crippen molar-refractivity contribution in [1.82, 2.24) is 4.98 Å². The molecule has 0 fully saturated rings. The molecule has 3 N–H and O–H groups in total. The van der Waals surface area contributed by atoms with Crippen molar-refractivity contribution in [2.45, 2.75) is 11.8 Å². The monoisotopic (exact) mass is 322 g/mol. The molecule has 108 valence electrons. The van der Waals surface area contributed by atoms with Gasteiger partial charge in [0, 0.05) is 0 Å². The van der Waals surface area contributed by atoms with Crippen LogP contribution in [0.2, 0.25) is 5.02 Å². The SMILES string of the molecule is Cc1cc(N)cnc1NS(=O)(=O)c1ccc(C#N)c(Cl)c1. The fourth-order valence-corrected chi connectivity index (χ4v) is 3.04. The van der Waals surface area contributed by atoms with Crippen LogP contribution in [0.15, 0.2) is 35.4 Å². The van der Waals surface area contributed by atoms with Crippen LogP contribution in [0.25, 0.3) is 0 Å². The van der Waals surface area contributed by atoms with Gasteiger partial charge in [-0.05, 0) is 36.8 Å². The summed E-state index contributed by atoms with van der Waals surface area (Å²) in [6.07, 6.45) is 1.36. The van der Waals surface area contributed by atoms with Gasteiger partial charge >= 0.3 is 0 Å². The maximum absolute atomic E-state index is 12.3. The fraction of sp³-hybridized carbons (Fsp3) is 0.0769. The maximum atomic E-state index is 12.3. The number of aryl methyl sites for hydroxylation is 1. The van der Waals surface area contributed by atoms with Gasteiger partial charge in [0.15, 0.2) is 0 Å². The normalized spacial score (nSPS) is 10.9. The Labute approximate surface area is 127 Å². The van der Waals surface area contributed by atoms with Gasteiger partial charge in [-0.1, -0.05) is 11.6 Å². The molecule has 21 heavy (non-hydrogen) atoms. The third kappa shape index (κ3) is 3.24. The summed E-state index contributed by atoms with van der Waals surface area (Å²) in [5, 5.41) is 8.86. The number of anilines is 2. The summed E-state index contributed by atoms with van der Waals surface area (Å²) in [6, 6.07) is 7.34. The summed E-state index contributed by atoms with van der Waals surface area (Å²) in [7, 11) is -3.84. The molecule has 0 bridgehead atoms. The molecule has 1 aromatic carbocycles. The van der Waals surface area contributed by atoms with Crippen molar-refractivity contribution < 1.29 is 8.42 Å². The van der Waals surface area contributed by atoms with Gasteiger partial charge in [-0.25, -0.2) is 13.4 Å². The highest BCUT2D eigenvalue weighted by Gasteiger charge is 2.17. The van der Waals surface area contributed by atoms with Crippen LogP contribution >= 0.6 is 11.6 Å². The fourth-order valence-electron chi connectivity index (χ4n) is 1.64. The molecule has 0 spiro atoms. The lowest BCUT2D eigenvalue weighted by Crippen LogP contribution is -2.15. The summed E-state index contributed by atoms with van der Waals surface area (Å²) >= 11 is 5.84. The number of sulfonamides is 1. The van der Waals surface area contributed by atoms with Gasteiger partial charge in [0.05, 0.1) is 27.4 Å². The van der Waals surface area contributed by atoms with E-state index in [0.29, 0.717) is 11.3 Å². The molecule has 8 heteroatoms. The summed E-state index contributed by atoms with van der Waals surface area (Å²) < 4.78 is 26.9. The van der Waals surface area contributed by atoms with Crippen LogP contribution in [0.3, 0.4) is 0 Å². The van der Waals surface area contributed by atoms with Crippen molar-refractivity contribution in [3.63, 3.8) is 0 Å². The zero-order valence-electron chi connectivity index (χ0n) is 11.0. The van der Waals surface area contributed by atoms with E-state index in [4.69, 9.17) is 22.6 Å². The predicted octanol–water partition coefficient (Wildman–Crippen LogP) is 2.30. The number of hydrogen-bond donors (Lipinski definition) is 2. The third-order valence-electron chi connectivity index (χ3n) is 2.70. The number of nitrogens with zero attached hydrogens (tertiary/aromatic N) is 2. The lowest BCUT2D eigenvalue weighted by atomic mass is 10.2. The second-order valence-corrected chi connectivity index (χ2v) is 6.38. The first-order valence-corrected chi connectivity index (χ1v) is 7.64. The number of benzene rings is 1. The number of hydrogen-bond acceptors (Lipinski definition) is 5. The molecule has 0 radical (unpaired) electrons. The Kier molecular flexibility index (Phi) is 4.02. The Bertz CT molecular complexity index is 844. The first-order valence-electron chi connectivity index (χ1n) is 5.78. The van der Waals surface area contributed by atoms with Crippen molar-refractivity contribution in [3.05, 3.63) is 46.6 Å². The first kappa shape index (κ1) is 15.1. The summed E-state index contributed by atoms with van der Waals surface area (Å²) in [6.45, 7) is 1.69. The zero-order chi connectivity index (χ0) is 15.6.